The Morgan fingerprint density at radius 3 is 3.07 bits per heavy atom. The number of carbonyl (C=O) groups is 1. The lowest BCUT2D eigenvalue weighted by Gasteiger charge is -1.96. The Kier molecular flexibility index (Phi) is 3.25. The molecule has 5 nitrogen and oxygen atoms in total. The van der Waals surface area contributed by atoms with Crippen LogP contribution in [0, 0.1) is 11.3 Å². The number of azide groups is 1. The van der Waals surface area contributed by atoms with Crippen molar-refractivity contribution in [3.05, 3.63) is 45.8 Å². The van der Waals surface area contributed by atoms with Gasteiger partial charge in [-0.1, -0.05) is 17.2 Å². The average molecular weight is 186 g/mol. The summed E-state index contributed by atoms with van der Waals surface area (Å²) >= 11 is 0. The summed E-state index contributed by atoms with van der Waals surface area (Å²) in [4.78, 5) is 13.8. The summed E-state index contributed by atoms with van der Waals surface area (Å²) in [6.07, 6.45) is 0. The van der Waals surface area contributed by atoms with Crippen molar-refractivity contribution >= 4 is 5.78 Å². The summed E-state index contributed by atoms with van der Waals surface area (Å²) in [5.74, 6) is -0.292. The minimum absolute atomic E-state index is 0.217. The molecule has 0 heterocycles. The molecule has 1 aromatic carbocycles. The van der Waals surface area contributed by atoms with Crippen LogP contribution < -0.4 is 0 Å². The fourth-order valence-electron chi connectivity index (χ4n) is 0.949. The number of nitrogens with zero attached hydrogens (tertiary/aromatic N) is 4. The number of ketones is 1. The normalized spacial score (nSPS) is 8.50. The van der Waals surface area contributed by atoms with Crippen molar-refractivity contribution in [1.82, 2.24) is 0 Å². The highest BCUT2D eigenvalue weighted by Gasteiger charge is 2.04. The number of rotatable bonds is 3. The molecule has 0 atom stereocenters. The number of nitriles is 1. The molecule has 14 heavy (non-hydrogen) atoms. The Hall–Kier alpha value is -2.31. The lowest BCUT2D eigenvalue weighted by molar-refractivity contribution is 0.100. The van der Waals surface area contributed by atoms with E-state index in [1.807, 2.05) is 6.07 Å². The summed E-state index contributed by atoms with van der Waals surface area (Å²) in [5, 5.41) is 11.7. The van der Waals surface area contributed by atoms with Gasteiger partial charge in [0, 0.05) is 10.5 Å². The van der Waals surface area contributed by atoms with Crippen molar-refractivity contribution in [3.63, 3.8) is 0 Å². The third kappa shape index (κ3) is 2.34. The summed E-state index contributed by atoms with van der Waals surface area (Å²) in [6, 6.07) is 8.18. The van der Waals surface area contributed by atoms with Gasteiger partial charge in [-0.15, -0.1) is 0 Å². The molecular weight excluding hydrogens is 180 g/mol. The van der Waals surface area contributed by atoms with E-state index in [0.29, 0.717) is 11.1 Å². The van der Waals surface area contributed by atoms with E-state index in [9.17, 15) is 4.79 Å². The van der Waals surface area contributed by atoms with Crippen molar-refractivity contribution < 1.29 is 4.79 Å². The molecule has 0 N–H and O–H groups in total. The molecule has 68 valence electrons. The molecule has 1 aromatic rings. The summed E-state index contributed by atoms with van der Waals surface area (Å²) < 4.78 is 0. The quantitative estimate of drug-likeness (QED) is 0.313. The first-order chi connectivity index (χ1) is 6.77. The molecular formula is C9H6N4O. The van der Waals surface area contributed by atoms with Crippen LogP contribution in [0.3, 0.4) is 0 Å². The fourth-order valence-corrected chi connectivity index (χ4v) is 0.949. The van der Waals surface area contributed by atoms with E-state index in [0.717, 1.165) is 0 Å². The standard InChI is InChI=1S/C9H6N4O/c10-5-7-2-1-3-8(4-7)9(14)6-12-13-11/h1-4H,6H2. The highest BCUT2D eigenvalue weighted by atomic mass is 16.1. The number of carbonyl (C=O) groups excluding carboxylic acids is 1. The molecule has 0 spiro atoms. The lowest BCUT2D eigenvalue weighted by Crippen LogP contribution is -2.02. The third-order valence-corrected chi connectivity index (χ3v) is 1.59. The maximum Gasteiger partial charge on any atom is 0.168 e. The molecule has 1 rings (SSSR count). The van der Waals surface area contributed by atoms with Gasteiger partial charge in [0.1, 0.15) is 0 Å². The molecule has 0 saturated carbocycles. The van der Waals surface area contributed by atoms with Crippen LogP contribution in [0.5, 0.6) is 0 Å². The van der Waals surface area contributed by atoms with Crippen molar-refractivity contribution in [3.8, 4) is 6.07 Å². The average Bonchev–Trinajstić information content (AvgIpc) is 2.26. The molecule has 0 aromatic heterocycles. The van der Waals surface area contributed by atoms with E-state index < -0.39 is 0 Å². The van der Waals surface area contributed by atoms with Gasteiger partial charge < -0.3 is 0 Å². The molecule has 0 unspecified atom stereocenters. The second-order valence-electron chi connectivity index (χ2n) is 2.50. The van der Waals surface area contributed by atoms with Crippen molar-refractivity contribution in [1.29, 1.82) is 5.26 Å². The fraction of sp³-hybridized carbons (Fsp3) is 0.111. The van der Waals surface area contributed by atoms with Gasteiger partial charge in [-0.2, -0.15) is 5.26 Å². The van der Waals surface area contributed by atoms with Gasteiger partial charge in [-0.05, 0) is 17.7 Å². The topological polar surface area (TPSA) is 89.6 Å². The van der Waals surface area contributed by atoms with E-state index in [-0.39, 0.29) is 12.3 Å². The largest absolute Gasteiger partial charge is 0.294 e. The van der Waals surface area contributed by atoms with Crippen LogP contribution in [0.1, 0.15) is 15.9 Å². The van der Waals surface area contributed by atoms with Crippen LogP contribution in [0.4, 0.5) is 0 Å². The van der Waals surface area contributed by atoms with Gasteiger partial charge in [0.2, 0.25) is 0 Å². The summed E-state index contributed by atoms with van der Waals surface area (Å²) in [5.41, 5.74) is 8.82. The molecule has 0 fully saturated rings. The highest BCUT2D eigenvalue weighted by molar-refractivity contribution is 5.97. The number of hydrogen-bond acceptors (Lipinski definition) is 3. The number of benzene rings is 1. The first kappa shape index (κ1) is 9.78. The van der Waals surface area contributed by atoms with Crippen LogP contribution in [0.2, 0.25) is 0 Å². The Labute approximate surface area is 80.2 Å². The van der Waals surface area contributed by atoms with Crippen molar-refractivity contribution in [2.45, 2.75) is 0 Å². The second-order valence-corrected chi connectivity index (χ2v) is 2.50. The SMILES string of the molecule is N#Cc1cccc(C(=O)CN=[N+]=[N-])c1. The third-order valence-electron chi connectivity index (χ3n) is 1.59. The monoisotopic (exact) mass is 186 g/mol. The molecule has 5 heteroatoms. The van der Waals surface area contributed by atoms with Gasteiger partial charge in [0.25, 0.3) is 0 Å². The second kappa shape index (κ2) is 4.65. The van der Waals surface area contributed by atoms with Crippen molar-refractivity contribution in [2.75, 3.05) is 6.54 Å². The van der Waals surface area contributed by atoms with Crippen LogP contribution in [0.25, 0.3) is 10.4 Å². The van der Waals surface area contributed by atoms with Crippen LogP contribution in [-0.4, -0.2) is 12.3 Å². The van der Waals surface area contributed by atoms with E-state index >= 15 is 0 Å². The summed E-state index contributed by atoms with van der Waals surface area (Å²) in [6.45, 7) is -0.217. The zero-order chi connectivity index (χ0) is 10.4. The van der Waals surface area contributed by atoms with E-state index in [4.69, 9.17) is 10.8 Å². The first-order valence-corrected chi connectivity index (χ1v) is 3.82. The van der Waals surface area contributed by atoms with Gasteiger partial charge in [-0.25, -0.2) is 0 Å². The Morgan fingerprint density at radius 2 is 2.43 bits per heavy atom. The minimum Gasteiger partial charge on any atom is -0.294 e. The summed E-state index contributed by atoms with van der Waals surface area (Å²) in [7, 11) is 0. The predicted molar refractivity (Wildman–Crippen MR) is 49.5 cm³/mol. The Balaban J connectivity index is 2.91. The van der Waals surface area contributed by atoms with Gasteiger partial charge in [0.15, 0.2) is 5.78 Å². The minimum atomic E-state index is -0.292. The zero-order valence-corrected chi connectivity index (χ0v) is 7.21. The number of hydrogen-bond donors (Lipinski definition) is 0. The molecule has 0 amide bonds. The number of Topliss-reactive ketones (excluding diaryl/α,β-unsaturated/α-hetero) is 1. The molecule has 0 aliphatic heterocycles. The first-order valence-electron chi connectivity index (χ1n) is 3.82. The molecule has 0 radical (unpaired) electrons. The van der Waals surface area contributed by atoms with Crippen LogP contribution in [0.15, 0.2) is 29.4 Å². The van der Waals surface area contributed by atoms with E-state index in [2.05, 4.69) is 10.0 Å². The van der Waals surface area contributed by atoms with Gasteiger partial charge in [0.05, 0.1) is 18.2 Å². The molecule has 0 aliphatic carbocycles. The Bertz CT molecular complexity index is 440. The lowest BCUT2D eigenvalue weighted by atomic mass is 10.1. The van der Waals surface area contributed by atoms with Crippen LogP contribution >= 0.6 is 0 Å². The maximum absolute atomic E-state index is 11.3. The Morgan fingerprint density at radius 1 is 1.64 bits per heavy atom. The highest BCUT2D eigenvalue weighted by Crippen LogP contribution is 2.05. The zero-order valence-electron chi connectivity index (χ0n) is 7.21. The predicted octanol–water partition coefficient (Wildman–Crippen LogP) is 2.05. The van der Waals surface area contributed by atoms with E-state index in [1.165, 1.54) is 6.07 Å². The van der Waals surface area contributed by atoms with Gasteiger partial charge in [-0.3, -0.25) is 4.79 Å². The molecule has 0 saturated heterocycles. The van der Waals surface area contributed by atoms with Gasteiger partial charge >= 0.3 is 0 Å². The smallest absolute Gasteiger partial charge is 0.168 e. The van der Waals surface area contributed by atoms with E-state index in [1.54, 1.807) is 18.2 Å². The molecule has 0 bridgehead atoms. The van der Waals surface area contributed by atoms with Crippen LogP contribution in [-0.2, 0) is 0 Å². The van der Waals surface area contributed by atoms with Crippen molar-refractivity contribution in [2.24, 2.45) is 5.11 Å². The molecule has 0 aliphatic rings. The maximum atomic E-state index is 11.3.